The van der Waals surface area contributed by atoms with E-state index in [9.17, 15) is 0 Å². The molecule has 0 aliphatic rings. The molecule has 0 unspecified atom stereocenters. The molecule has 0 aromatic rings. The predicted molar refractivity (Wildman–Crippen MR) is 80.1 cm³/mol. The van der Waals surface area contributed by atoms with E-state index < -0.39 is 0 Å². The fourth-order valence-electron chi connectivity index (χ4n) is 1.92. The fourth-order valence-corrected chi connectivity index (χ4v) is 1.92. The van der Waals surface area contributed by atoms with Crippen molar-refractivity contribution >= 4 is 0 Å². The molecule has 17 heavy (non-hydrogen) atoms. The lowest BCUT2D eigenvalue weighted by atomic mass is 10.1. The van der Waals surface area contributed by atoms with Crippen LogP contribution in [0.2, 0.25) is 0 Å². The molecule has 0 fully saturated rings. The van der Waals surface area contributed by atoms with Crippen LogP contribution in [0, 0.1) is 6.92 Å². The lowest BCUT2D eigenvalue weighted by Crippen LogP contribution is -1.78. The van der Waals surface area contributed by atoms with Gasteiger partial charge in [-0.25, -0.2) is 0 Å². The Morgan fingerprint density at radius 2 is 1.12 bits per heavy atom. The van der Waals surface area contributed by atoms with E-state index in [2.05, 4.69) is 32.1 Å². The van der Waals surface area contributed by atoms with E-state index in [0.717, 1.165) is 0 Å². The molecule has 0 atom stereocenters. The molecule has 0 aliphatic heterocycles. The molecule has 0 spiro atoms. The summed E-state index contributed by atoms with van der Waals surface area (Å²) >= 11 is 0. The first-order chi connectivity index (χ1) is 8.41. The highest BCUT2D eigenvalue weighted by Gasteiger charge is 1.88. The average Bonchev–Trinajstić information content (AvgIpc) is 2.35. The normalized spacial score (nSPS) is 11.9. The minimum absolute atomic E-state index is 1.19. The van der Waals surface area contributed by atoms with Crippen molar-refractivity contribution in [3.8, 4) is 0 Å². The Balaban J connectivity index is 3.04. The number of hydrogen-bond donors (Lipinski definition) is 0. The standard InChI is InChI=1S/C17H31/c1-3-5-7-9-11-13-15-17-16-14-12-10-8-6-4-2/h3,5,15,17H,1,4,6-14,16H2,2H3. The zero-order chi connectivity index (χ0) is 12.6. The predicted octanol–water partition coefficient (Wildman–Crippen LogP) is 6.24. The molecule has 0 saturated heterocycles. The van der Waals surface area contributed by atoms with E-state index in [1.165, 1.54) is 70.6 Å². The van der Waals surface area contributed by atoms with E-state index in [4.69, 9.17) is 0 Å². The van der Waals surface area contributed by atoms with Crippen LogP contribution in [0.15, 0.2) is 24.3 Å². The molecule has 0 aromatic carbocycles. The van der Waals surface area contributed by atoms with Crippen molar-refractivity contribution in [1.82, 2.24) is 0 Å². The maximum Gasteiger partial charge on any atom is -0.0316 e. The molecule has 99 valence electrons. The van der Waals surface area contributed by atoms with Gasteiger partial charge >= 0.3 is 0 Å². The van der Waals surface area contributed by atoms with Crippen molar-refractivity contribution in [3.63, 3.8) is 0 Å². The number of allylic oxidation sites excluding steroid dienone is 4. The average molecular weight is 235 g/mol. The van der Waals surface area contributed by atoms with Crippen molar-refractivity contribution < 1.29 is 0 Å². The SMILES string of the molecule is [CH2]C=CCCCCC=CCCCCCCCC. The topological polar surface area (TPSA) is 0 Å². The molecule has 0 N–H and O–H groups in total. The summed E-state index contributed by atoms with van der Waals surface area (Å²) in [7, 11) is 0. The lowest BCUT2D eigenvalue weighted by Gasteiger charge is -1.97. The number of rotatable bonds is 12. The molecule has 0 aliphatic carbocycles. The van der Waals surface area contributed by atoms with Gasteiger partial charge in [-0.05, 0) is 45.4 Å². The highest BCUT2D eigenvalue weighted by Crippen LogP contribution is 2.08. The fraction of sp³-hybridized carbons (Fsp3) is 0.706. The first-order valence-corrected chi connectivity index (χ1v) is 7.51. The van der Waals surface area contributed by atoms with Gasteiger partial charge in [-0.1, -0.05) is 63.3 Å². The van der Waals surface area contributed by atoms with Gasteiger partial charge in [-0.2, -0.15) is 0 Å². The quantitative estimate of drug-likeness (QED) is 0.277. The van der Waals surface area contributed by atoms with Gasteiger partial charge in [0.1, 0.15) is 0 Å². The van der Waals surface area contributed by atoms with Crippen molar-refractivity contribution in [1.29, 1.82) is 0 Å². The van der Waals surface area contributed by atoms with Gasteiger partial charge in [-0.3, -0.25) is 0 Å². The molecule has 0 rings (SSSR count). The summed E-state index contributed by atoms with van der Waals surface area (Å²) in [6, 6.07) is 0. The van der Waals surface area contributed by atoms with Crippen LogP contribution in [-0.2, 0) is 0 Å². The lowest BCUT2D eigenvalue weighted by molar-refractivity contribution is 0.611. The monoisotopic (exact) mass is 235 g/mol. The largest absolute Gasteiger partial charge is 0.0885 e. The van der Waals surface area contributed by atoms with Gasteiger partial charge in [-0.15, -0.1) is 0 Å². The summed E-state index contributed by atoms with van der Waals surface area (Å²) in [5.74, 6) is 0. The molecule has 1 radical (unpaired) electrons. The van der Waals surface area contributed by atoms with E-state index in [0.29, 0.717) is 0 Å². The second kappa shape index (κ2) is 15.5. The molecular formula is C17H31. The summed E-state index contributed by atoms with van der Waals surface area (Å²) in [5.41, 5.74) is 0. The highest BCUT2D eigenvalue weighted by molar-refractivity contribution is 4.84. The summed E-state index contributed by atoms with van der Waals surface area (Å²) in [6.45, 7) is 5.96. The van der Waals surface area contributed by atoms with Crippen molar-refractivity contribution in [2.24, 2.45) is 0 Å². The van der Waals surface area contributed by atoms with Crippen molar-refractivity contribution in [3.05, 3.63) is 31.2 Å². The maximum atomic E-state index is 3.69. The molecule has 0 heterocycles. The van der Waals surface area contributed by atoms with Crippen LogP contribution in [0.25, 0.3) is 0 Å². The van der Waals surface area contributed by atoms with Crippen LogP contribution in [0.4, 0.5) is 0 Å². The molecule has 0 saturated carbocycles. The van der Waals surface area contributed by atoms with E-state index in [1.807, 2.05) is 6.08 Å². The Kier molecular flexibility index (Phi) is 15.0. The second-order valence-corrected chi connectivity index (χ2v) is 4.78. The highest BCUT2D eigenvalue weighted by atomic mass is 13.9. The first kappa shape index (κ1) is 16.5. The summed E-state index contributed by atoms with van der Waals surface area (Å²) in [5, 5.41) is 0. The zero-order valence-electron chi connectivity index (χ0n) is 11.8. The Morgan fingerprint density at radius 1 is 0.647 bits per heavy atom. The third-order valence-corrected chi connectivity index (χ3v) is 3.05. The molecule has 0 heteroatoms. The first-order valence-electron chi connectivity index (χ1n) is 7.51. The Morgan fingerprint density at radius 3 is 1.71 bits per heavy atom. The third kappa shape index (κ3) is 15.5. The van der Waals surface area contributed by atoms with Crippen LogP contribution in [0.5, 0.6) is 0 Å². The molecule has 0 aromatic heterocycles. The van der Waals surface area contributed by atoms with Crippen molar-refractivity contribution in [2.75, 3.05) is 0 Å². The van der Waals surface area contributed by atoms with Gasteiger partial charge < -0.3 is 0 Å². The molecular weight excluding hydrogens is 204 g/mol. The van der Waals surface area contributed by atoms with E-state index in [1.54, 1.807) is 0 Å². The Hall–Kier alpha value is -0.520. The van der Waals surface area contributed by atoms with Gasteiger partial charge in [0, 0.05) is 0 Å². The smallest absolute Gasteiger partial charge is 0.0316 e. The van der Waals surface area contributed by atoms with Crippen LogP contribution < -0.4 is 0 Å². The van der Waals surface area contributed by atoms with Crippen LogP contribution in [0.1, 0.15) is 77.6 Å². The van der Waals surface area contributed by atoms with Gasteiger partial charge in [0.25, 0.3) is 0 Å². The van der Waals surface area contributed by atoms with Gasteiger partial charge in [0.05, 0.1) is 0 Å². The molecule has 0 nitrogen and oxygen atoms in total. The van der Waals surface area contributed by atoms with Crippen molar-refractivity contribution in [2.45, 2.75) is 77.6 Å². The summed E-state index contributed by atoms with van der Waals surface area (Å²) in [6.07, 6.45) is 23.5. The van der Waals surface area contributed by atoms with Crippen LogP contribution >= 0.6 is 0 Å². The minimum Gasteiger partial charge on any atom is -0.0885 e. The summed E-state index contributed by atoms with van der Waals surface area (Å²) < 4.78 is 0. The van der Waals surface area contributed by atoms with Crippen LogP contribution in [-0.4, -0.2) is 0 Å². The van der Waals surface area contributed by atoms with Crippen LogP contribution in [0.3, 0.4) is 0 Å². The minimum atomic E-state index is 1.19. The number of hydrogen-bond acceptors (Lipinski definition) is 0. The van der Waals surface area contributed by atoms with Gasteiger partial charge in [0.15, 0.2) is 0 Å². The maximum absolute atomic E-state index is 3.69. The third-order valence-electron chi connectivity index (χ3n) is 3.05. The number of unbranched alkanes of at least 4 members (excludes halogenated alkanes) is 9. The van der Waals surface area contributed by atoms with Gasteiger partial charge in [0.2, 0.25) is 0 Å². The second-order valence-electron chi connectivity index (χ2n) is 4.78. The molecule has 0 bridgehead atoms. The molecule has 0 amide bonds. The zero-order valence-corrected chi connectivity index (χ0v) is 11.8. The summed E-state index contributed by atoms with van der Waals surface area (Å²) in [4.78, 5) is 0. The Labute approximate surface area is 109 Å². The Bertz CT molecular complexity index is 176. The van der Waals surface area contributed by atoms with E-state index in [-0.39, 0.29) is 0 Å². The van der Waals surface area contributed by atoms with E-state index >= 15 is 0 Å².